The van der Waals surface area contributed by atoms with E-state index in [0.717, 1.165) is 0 Å². The van der Waals surface area contributed by atoms with E-state index in [1.807, 2.05) is 0 Å². The van der Waals surface area contributed by atoms with Crippen LogP contribution in [-0.4, -0.2) is 58.9 Å². The van der Waals surface area contributed by atoms with Gasteiger partial charge in [0.15, 0.2) is 0 Å². The van der Waals surface area contributed by atoms with Crippen molar-refractivity contribution in [2.24, 2.45) is 5.92 Å². The van der Waals surface area contributed by atoms with E-state index in [9.17, 15) is 22.2 Å². The van der Waals surface area contributed by atoms with Crippen LogP contribution in [0.5, 0.6) is 0 Å². The van der Waals surface area contributed by atoms with Gasteiger partial charge in [-0.2, -0.15) is 13.2 Å². The standard InChI is InChI=1S/C12H21F3N2O2S/c1-9(20(2)19)6-16-11(18)10-4-3-5-17(7-10)8-12(13,14)15/h9-10H,3-8H2,1-2H3,(H,16,18)/t9-,10-,20-/m1/s1. The van der Waals surface area contributed by atoms with E-state index in [1.165, 1.54) is 4.90 Å². The maximum absolute atomic E-state index is 12.3. The fourth-order valence-electron chi connectivity index (χ4n) is 2.17. The molecule has 0 bridgehead atoms. The Morgan fingerprint density at radius 3 is 2.70 bits per heavy atom. The first kappa shape index (κ1) is 17.4. The molecule has 1 heterocycles. The van der Waals surface area contributed by atoms with Gasteiger partial charge in [-0.15, -0.1) is 0 Å². The molecule has 20 heavy (non-hydrogen) atoms. The van der Waals surface area contributed by atoms with Gasteiger partial charge < -0.3 is 5.32 Å². The highest BCUT2D eigenvalue weighted by atomic mass is 32.2. The van der Waals surface area contributed by atoms with Gasteiger partial charge in [-0.3, -0.25) is 13.9 Å². The van der Waals surface area contributed by atoms with Crippen molar-refractivity contribution in [3.05, 3.63) is 0 Å². The number of rotatable bonds is 5. The Bertz CT molecular complexity index is 363. The molecule has 1 aliphatic rings. The smallest absolute Gasteiger partial charge is 0.355 e. The first-order chi connectivity index (χ1) is 9.19. The molecule has 1 amide bonds. The van der Waals surface area contributed by atoms with E-state index in [4.69, 9.17) is 0 Å². The van der Waals surface area contributed by atoms with Gasteiger partial charge in [0.05, 0.1) is 12.5 Å². The molecule has 1 aliphatic heterocycles. The monoisotopic (exact) mass is 314 g/mol. The lowest BCUT2D eigenvalue weighted by atomic mass is 9.97. The summed E-state index contributed by atoms with van der Waals surface area (Å²) in [5, 5.41) is 2.52. The minimum absolute atomic E-state index is 0.134. The molecule has 0 radical (unpaired) electrons. The number of carbonyl (C=O) groups excluding carboxylic acids is 1. The summed E-state index contributed by atoms with van der Waals surface area (Å²) in [6.45, 7) is 1.59. The summed E-state index contributed by atoms with van der Waals surface area (Å²) < 4.78 is 48.2. The maximum Gasteiger partial charge on any atom is 0.401 e. The molecule has 0 aromatic rings. The summed E-state index contributed by atoms with van der Waals surface area (Å²) in [7, 11) is -1.03. The predicted octanol–water partition coefficient (Wildman–Crippen LogP) is 1.14. The second-order valence-corrected chi connectivity index (χ2v) is 7.05. The number of nitrogens with one attached hydrogen (secondary N) is 1. The number of nitrogens with zero attached hydrogens (tertiary/aromatic N) is 1. The topological polar surface area (TPSA) is 49.4 Å². The Hall–Kier alpha value is -0.630. The molecule has 1 N–H and O–H groups in total. The van der Waals surface area contributed by atoms with Gasteiger partial charge in [-0.25, -0.2) is 0 Å². The van der Waals surface area contributed by atoms with E-state index < -0.39 is 29.4 Å². The van der Waals surface area contributed by atoms with Crippen molar-refractivity contribution in [1.29, 1.82) is 0 Å². The molecule has 0 aliphatic carbocycles. The third kappa shape index (κ3) is 6.21. The second kappa shape index (κ2) is 7.40. The molecule has 8 heteroatoms. The quantitative estimate of drug-likeness (QED) is 0.828. The van der Waals surface area contributed by atoms with Crippen LogP contribution in [0.25, 0.3) is 0 Å². The second-order valence-electron chi connectivity index (χ2n) is 5.24. The van der Waals surface area contributed by atoms with E-state index in [-0.39, 0.29) is 24.2 Å². The van der Waals surface area contributed by atoms with E-state index in [1.54, 1.807) is 13.2 Å². The summed E-state index contributed by atoms with van der Waals surface area (Å²) >= 11 is 0. The van der Waals surface area contributed by atoms with Gasteiger partial charge in [0.1, 0.15) is 0 Å². The molecular weight excluding hydrogens is 293 g/mol. The van der Waals surface area contributed by atoms with E-state index >= 15 is 0 Å². The van der Waals surface area contributed by atoms with Crippen LogP contribution in [0.15, 0.2) is 0 Å². The number of piperidine rings is 1. The third-order valence-electron chi connectivity index (χ3n) is 3.41. The maximum atomic E-state index is 12.3. The summed E-state index contributed by atoms with van der Waals surface area (Å²) in [6.07, 6.45) is -1.48. The van der Waals surface area contributed by atoms with Crippen molar-refractivity contribution >= 4 is 16.7 Å². The normalized spacial score (nSPS) is 24.1. The number of halogens is 3. The molecule has 0 aromatic heterocycles. The van der Waals surface area contributed by atoms with Crippen molar-refractivity contribution in [3.63, 3.8) is 0 Å². The number of carbonyl (C=O) groups is 1. The first-order valence-electron chi connectivity index (χ1n) is 6.58. The van der Waals surface area contributed by atoms with Crippen LogP contribution in [0.4, 0.5) is 13.2 Å². The average molecular weight is 314 g/mol. The van der Waals surface area contributed by atoms with Gasteiger partial charge in [0.25, 0.3) is 0 Å². The number of amides is 1. The molecule has 1 saturated heterocycles. The van der Waals surface area contributed by atoms with Crippen LogP contribution in [0.3, 0.4) is 0 Å². The molecule has 118 valence electrons. The fourth-order valence-corrected chi connectivity index (χ4v) is 2.49. The third-order valence-corrected chi connectivity index (χ3v) is 4.71. The Balaban J connectivity index is 2.42. The largest absolute Gasteiger partial charge is 0.401 e. The zero-order valence-electron chi connectivity index (χ0n) is 11.7. The first-order valence-corrected chi connectivity index (χ1v) is 8.20. The highest BCUT2D eigenvalue weighted by Crippen LogP contribution is 2.22. The lowest BCUT2D eigenvalue weighted by Crippen LogP contribution is -2.47. The van der Waals surface area contributed by atoms with Gasteiger partial charge in [0.2, 0.25) is 5.91 Å². The van der Waals surface area contributed by atoms with Gasteiger partial charge >= 0.3 is 6.18 Å². The van der Waals surface area contributed by atoms with Gasteiger partial charge in [-0.1, -0.05) is 0 Å². The van der Waals surface area contributed by atoms with E-state index in [0.29, 0.717) is 19.4 Å². The molecule has 0 saturated carbocycles. The Labute approximate surface area is 119 Å². The molecular formula is C12H21F3N2O2S. The summed E-state index contributed by atoms with van der Waals surface area (Å²) in [5.74, 6) is -0.655. The highest BCUT2D eigenvalue weighted by molar-refractivity contribution is 7.84. The molecule has 0 unspecified atom stereocenters. The summed E-state index contributed by atoms with van der Waals surface area (Å²) in [5.41, 5.74) is 0. The Morgan fingerprint density at radius 2 is 2.15 bits per heavy atom. The van der Waals surface area contributed by atoms with Crippen molar-refractivity contribution < 1.29 is 22.2 Å². The fraction of sp³-hybridized carbons (Fsp3) is 0.917. The van der Waals surface area contributed by atoms with Crippen LogP contribution in [-0.2, 0) is 15.6 Å². The summed E-state index contributed by atoms with van der Waals surface area (Å²) in [4.78, 5) is 13.2. The molecule has 0 spiro atoms. The van der Waals surface area contributed by atoms with Crippen LogP contribution in [0.1, 0.15) is 19.8 Å². The van der Waals surface area contributed by atoms with Crippen LogP contribution >= 0.6 is 0 Å². The lowest BCUT2D eigenvalue weighted by molar-refractivity contribution is -0.152. The van der Waals surface area contributed by atoms with Crippen molar-refractivity contribution in [3.8, 4) is 0 Å². The number of hydrogen-bond acceptors (Lipinski definition) is 3. The number of alkyl halides is 3. The van der Waals surface area contributed by atoms with Crippen LogP contribution in [0, 0.1) is 5.92 Å². The number of hydrogen-bond donors (Lipinski definition) is 1. The predicted molar refractivity (Wildman–Crippen MR) is 71.8 cm³/mol. The Kier molecular flexibility index (Phi) is 6.44. The van der Waals surface area contributed by atoms with Crippen LogP contribution < -0.4 is 5.32 Å². The molecule has 4 nitrogen and oxygen atoms in total. The zero-order valence-corrected chi connectivity index (χ0v) is 12.5. The zero-order chi connectivity index (χ0) is 15.3. The molecule has 1 fully saturated rings. The molecule has 3 atom stereocenters. The highest BCUT2D eigenvalue weighted by Gasteiger charge is 2.34. The average Bonchev–Trinajstić information content (AvgIpc) is 2.33. The molecule has 1 rings (SSSR count). The van der Waals surface area contributed by atoms with Crippen molar-refractivity contribution in [2.75, 3.05) is 32.4 Å². The van der Waals surface area contributed by atoms with Gasteiger partial charge in [-0.05, 0) is 26.3 Å². The Morgan fingerprint density at radius 1 is 1.50 bits per heavy atom. The number of likely N-dealkylation sites (tertiary alicyclic amines) is 1. The van der Waals surface area contributed by atoms with Crippen LogP contribution in [0.2, 0.25) is 0 Å². The summed E-state index contributed by atoms with van der Waals surface area (Å²) in [6, 6.07) is 0. The van der Waals surface area contributed by atoms with Crippen molar-refractivity contribution in [1.82, 2.24) is 10.2 Å². The minimum atomic E-state index is -4.23. The lowest BCUT2D eigenvalue weighted by Gasteiger charge is -2.32. The SMILES string of the molecule is C[C@H](CNC(=O)[C@@H]1CCCN(CC(F)(F)F)C1)[S@@](C)=O. The van der Waals surface area contributed by atoms with Crippen molar-refractivity contribution in [2.45, 2.75) is 31.2 Å². The molecule has 0 aromatic carbocycles. The van der Waals surface area contributed by atoms with E-state index in [2.05, 4.69) is 5.32 Å². The minimum Gasteiger partial charge on any atom is -0.355 e. The van der Waals surface area contributed by atoms with Gasteiger partial charge in [0, 0.05) is 35.4 Å².